The van der Waals surface area contributed by atoms with Gasteiger partial charge in [0.2, 0.25) is 0 Å². The standard InChI is InChI=1S/C16H22BrNO2/c1-16(15(19)20-2,12-7-6-8-13(17)11-12)18-14-9-4-3-5-10-14/h6-8,11,14,18H,3-5,9-10H2,1-2H3. The van der Waals surface area contributed by atoms with Gasteiger partial charge in [0.05, 0.1) is 7.11 Å². The van der Waals surface area contributed by atoms with Crippen LogP contribution >= 0.6 is 15.9 Å². The van der Waals surface area contributed by atoms with Gasteiger partial charge in [0, 0.05) is 10.5 Å². The Morgan fingerprint density at radius 1 is 1.35 bits per heavy atom. The summed E-state index contributed by atoms with van der Waals surface area (Å²) in [7, 11) is 1.45. The molecule has 1 aliphatic rings. The highest BCUT2D eigenvalue weighted by Gasteiger charge is 2.38. The first kappa shape index (κ1) is 15.5. The zero-order valence-electron chi connectivity index (χ0n) is 12.1. The number of benzene rings is 1. The Morgan fingerprint density at radius 3 is 2.65 bits per heavy atom. The van der Waals surface area contributed by atoms with Gasteiger partial charge in [-0.1, -0.05) is 47.3 Å². The fraction of sp³-hybridized carbons (Fsp3) is 0.562. The largest absolute Gasteiger partial charge is 0.467 e. The predicted molar refractivity (Wildman–Crippen MR) is 83.5 cm³/mol. The normalized spacial score (nSPS) is 19.4. The van der Waals surface area contributed by atoms with Crippen molar-refractivity contribution in [2.24, 2.45) is 0 Å². The van der Waals surface area contributed by atoms with E-state index in [1.807, 2.05) is 31.2 Å². The molecule has 1 fully saturated rings. The van der Waals surface area contributed by atoms with Crippen LogP contribution in [0.15, 0.2) is 28.7 Å². The highest BCUT2D eigenvalue weighted by atomic mass is 79.9. The molecule has 1 saturated carbocycles. The van der Waals surface area contributed by atoms with Crippen molar-refractivity contribution >= 4 is 21.9 Å². The third kappa shape index (κ3) is 3.41. The lowest BCUT2D eigenvalue weighted by Gasteiger charge is -2.35. The van der Waals surface area contributed by atoms with E-state index in [2.05, 4.69) is 21.2 Å². The third-order valence-corrected chi connectivity index (χ3v) is 4.59. The average molecular weight is 340 g/mol. The maximum atomic E-state index is 12.3. The first-order valence-electron chi connectivity index (χ1n) is 7.18. The molecule has 3 nitrogen and oxygen atoms in total. The van der Waals surface area contributed by atoms with Crippen molar-refractivity contribution < 1.29 is 9.53 Å². The van der Waals surface area contributed by atoms with E-state index in [0.717, 1.165) is 22.9 Å². The van der Waals surface area contributed by atoms with Gasteiger partial charge in [0.1, 0.15) is 5.54 Å². The van der Waals surface area contributed by atoms with E-state index in [-0.39, 0.29) is 5.97 Å². The molecule has 0 saturated heterocycles. The van der Waals surface area contributed by atoms with Crippen molar-refractivity contribution in [1.82, 2.24) is 5.32 Å². The zero-order chi connectivity index (χ0) is 14.6. The average Bonchev–Trinajstić information content (AvgIpc) is 2.47. The van der Waals surface area contributed by atoms with E-state index in [0.29, 0.717) is 6.04 Å². The SMILES string of the molecule is COC(=O)C(C)(NC1CCCCC1)c1cccc(Br)c1. The van der Waals surface area contributed by atoms with Crippen LogP contribution < -0.4 is 5.32 Å². The molecule has 0 bridgehead atoms. The quantitative estimate of drug-likeness (QED) is 0.848. The summed E-state index contributed by atoms with van der Waals surface area (Å²) >= 11 is 3.47. The van der Waals surface area contributed by atoms with E-state index in [9.17, 15) is 4.79 Å². The Morgan fingerprint density at radius 2 is 2.05 bits per heavy atom. The Hall–Kier alpha value is -0.870. The molecule has 110 valence electrons. The molecule has 1 unspecified atom stereocenters. The highest BCUT2D eigenvalue weighted by molar-refractivity contribution is 9.10. The molecule has 0 aliphatic heterocycles. The van der Waals surface area contributed by atoms with Crippen LogP contribution in [0.3, 0.4) is 0 Å². The molecule has 0 spiro atoms. The second-order valence-corrected chi connectivity index (χ2v) is 6.52. The van der Waals surface area contributed by atoms with Crippen molar-refractivity contribution in [3.63, 3.8) is 0 Å². The summed E-state index contributed by atoms with van der Waals surface area (Å²) in [5.41, 5.74) is 0.143. The van der Waals surface area contributed by atoms with Crippen molar-refractivity contribution in [1.29, 1.82) is 0 Å². The first-order valence-corrected chi connectivity index (χ1v) is 7.98. The number of halogens is 1. The second kappa shape index (κ2) is 6.72. The summed E-state index contributed by atoms with van der Waals surface area (Å²) < 4.78 is 6.00. The fourth-order valence-corrected chi connectivity index (χ4v) is 3.32. The van der Waals surface area contributed by atoms with Gasteiger partial charge < -0.3 is 4.74 Å². The van der Waals surface area contributed by atoms with Gasteiger partial charge in [-0.3, -0.25) is 5.32 Å². The molecule has 0 radical (unpaired) electrons. The third-order valence-electron chi connectivity index (χ3n) is 4.09. The van der Waals surface area contributed by atoms with E-state index in [1.54, 1.807) is 0 Å². The molecule has 1 aliphatic carbocycles. The maximum absolute atomic E-state index is 12.3. The van der Waals surface area contributed by atoms with Gasteiger partial charge in [-0.2, -0.15) is 0 Å². The van der Waals surface area contributed by atoms with Crippen LogP contribution in [0, 0.1) is 0 Å². The number of methoxy groups -OCH3 is 1. The molecule has 1 aromatic carbocycles. The minimum atomic E-state index is -0.791. The first-order chi connectivity index (χ1) is 9.56. The molecule has 1 N–H and O–H groups in total. The molecule has 4 heteroatoms. The smallest absolute Gasteiger partial charge is 0.330 e. The number of hydrogen-bond donors (Lipinski definition) is 1. The van der Waals surface area contributed by atoms with Gasteiger partial charge in [0.15, 0.2) is 0 Å². The Balaban J connectivity index is 2.27. The topological polar surface area (TPSA) is 38.3 Å². The monoisotopic (exact) mass is 339 g/mol. The Labute approximate surface area is 129 Å². The molecule has 2 rings (SSSR count). The number of ether oxygens (including phenoxy) is 1. The molecule has 1 aromatic rings. The number of nitrogens with one attached hydrogen (secondary N) is 1. The number of hydrogen-bond acceptors (Lipinski definition) is 3. The van der Waals surface area contributed by atoms with Crippen LogP contribution in [0.1, 0.15) is 44.6 Å². The lowest BCUT2D eigenvalue weighted by Crippen LogP contribution is -2.52. The van der Waals surface area contributed by atoms with E-state index in [1.165, 1.54) is 26.4 Å². The minimum absolute atomic E-state index is 0.235. The maximum Gasteiger partial charge on any atom is 0.330 e. The van der Waals surface area contributed by atoms with Gasteiger partial charge in [-0.25, -0.2) is 4.79 Å². The van der Waals surface area contributed by atoms with Gasteiger partial charge in [0.25, 0.3) is 0 Å². The van der Waals surface area contributed by atoms with Crippen LogP contribution in [0.5, 0.6) is 0 Å². The van der Waals surface area contributed by atoms with Crippen molar-refractivity contribution in [3.05, 3.63) is 34.3 Å². The highest BCUT2D eigenvalue weighted by Crippen LogP contribution is 2.28. The molecule has 0 aromatic heterocycles. The van der Waals surface area contributed by atoms with E-state index < -0.39 is 5.54 Å². The molecular formula is C16H22BrNO2. The zero-order valence-corrected chi connectivity index (χ0v) is 13.7. The Bertz CT molecular complexity index is 471. The van der Waals surface area contributed by atoms with Crippen molar-refractivity contribution in [3.8, 4) is 0 Å². The summed E-state index contributed by atoms with van der Waals surface area (Å²) in [4.78, 5) is 12.3. The lowest BCUT2D eigenvalue weighted by atomic mass is 9.87. The predicted octanol–water partition coefficient (Wildman–Crippen LogP) is 3.76. The molecule has 20 heavy (non-hydrogen) atoms. The number of rotatable bonds is 4. The van der Waals surface area contributed by atoms with Crippen LogP contribution in [0.2, 0.25) is 0 Å². The number of carbonyl (C=O) groups is 1. The summed E-state index contributed by atoms with van der Waals surface area (Å²) in [6, 6.07) is 8.24. The molecule has 0 heterocycles. The summed E-state index contributed by atoms with van der Waals surface area (Å²) in [5.74, 6) is -0.235. The van der Waals surface area contributed by atoms with E-state index in [4.69, 9.17) is 4.74 Å². The Kier molecular flexibility index (Phi) is 5.22. The van der Waals surface area contributed by atoms with Gasteiger partial charge in [-0.05, 0) is 37.5 Å². The molecule has 1 atom stereocenters. The van der Waals surface area contributed by atoms with Crippen LogP contribution in [0.4, 0.5) is 0 Å². The van der Waals surface area contributed by atoms with Crippen LogP contribution in [-0.2, 0) is 15.1 Å². The van der Waals surface area contributed by atoms with Crippen molar-refractivity contribution in [2.45, 2.75) is 50.6 Å². The number of esters is 1. The van der Waals surface area contributed by atoms with Gasteiger partial charge >= 0.3 is 5.97 Å². The number of carbonyl (C=O) groups excluding carboxylic acids is 1. The molecular weight excluding hydrogens is 318 g/mol. The molecule has 0 amide bonds. The van der Waals surface area contributed by atoms with Crippen LogP contribution in [0.25, 0.3) is 0 Å². The fourth-order valence-electron chi connectivity index (χ4n) is 2.92. The summed E-state index contributed by atoms with van der Waals surface area (Å²) in [6.07, 6.45) is 6.01. The summed E-state index contributed by atoms with van der Waals surface area (Å²) in [6.45, 7) is 1.91. The summed E-state index contributed by atoms with van der Waals surface area (Å²) in [5, 5.41) is 3.53. The minimum Gasteiger partial charge on any atom is -0.467 e. The lowest BCUT2D eigenvalue weighted by molar-refractivity contribution is -0.148. The second-order valence-electron chi connectivity index (χ2n) is 5.61. The van der Waals surface area contributed by atoms with E-state index >= 15 is 0 Å². The van der Waals surface area contributed by atoms with Gasteiger partial charge in [-0.15, -0.1) is 0 Å². The van der Waals surface area contributed by atoms with Crippen molar-refractivity contribution in [2.75, 3.05) is 7.11 Å². The van der Waals surface area contributed by atoms with Crippen LogP contribution in [-0.4, -0.2) is 19.1 Å².